The molecule has 4 heteroatoms. The summed E-state index contributed by atoms with van der Waals surface area (Å²) in [6.07, 6.45) is 0.918. The van der Waals surface area contributed by atoms with Gasteiger partial charge in [-0.15, -0.1) is 0 Å². The zero-order chi connectivity index (χ0) is 9.40. The second-order valence-corrected chi connectivity index (χ2v) is 2.66. The normalized spacial score (nSPS) is 12.6. The number of halogens is 1. The van der Waals surface area contributed by atoms with Gasteiger partial charge in [-0.2, -0.15) is 0 Å². The van der Waals surface area contributed by atoms with Gasteiger partial charge in [0.1, 0.15) is 6.67 Å². The number of hydrogen-bond donors (Lipinski definition) is 2. The molecular weight excluding hydrogens is 159 g/mol. The van der Waals surface area contributed by atoms with Crippen molar-refractivity contribution >= 4 is 5.91 Å². The molecule has 0 radical (unpaired) electrons. The molecule has 2 N–H and O–H groups in total. The van der Waals surface area contributed by atoms with Crippen LogP contribution >= 0.6 is 0 Å². The van der Waals surface area contributed by atoms with E-state index >= 15 is 0 Å². The van der Waals surface area contributed by atoms with Gasteiger partial charge in [-0.1, -0.05) is 6.92 Å². The maximum atomic E-state index is 11.7. The molecule has 12 heavy (non-hydrogen) atoms. The number of nitrogens with one attached hydrogen (secondary N) is 2. The monoisotopic (exact) mass is 176 g/mol. The number of hydrogen-bond acceptors (Lipinski definition) is 2. The number of carbonyl (C=O) groups excluding carboxylic acids is 1. The van der Waals surface area contributed by atoms with E-state index in [2.05, 4.69) is 10.6 Å². The van der Waals surface area contributed by atoms with Gasteiger partial charge in [-0.3, -0.25) is 4.79 Å². The minimum Gasteiger partial charge on any atom is -0.355 e. The number of alkyl halides is 1. The highest BCUT2D eigenvalue weighted by Crippen LogP contribution is 1.82. The second-order valence-electron chi connectivity index (χ2n) is 2.66. The molecule has 0 aromatic carbocycles. The molecule has 3 nitrogen and oxygen atoms in total. The summed E-state index contributed by atoms with van der Waals surface area (Å²) in [5, 5.41) is 5.47. The standard InChI is InChI=1S/C8H17FN2O/c1-3-5-11-8(12)7(2)10-6-4-9/h7,10H,3-6H2,1-2H3,(H,11,12). The zero-order valence-corrected chi connectivity index (χ0v) is 7.69. The fraction of sp³-hybridized carbons (Fsp3) is 0.875. The zero-order valence-electron chi connectivity index (χ0n) is 7.69. The molecule has 0 aliphatic rings. The molecule has 0 saturated carbocycles. The van der Waals surface area contributed by atoms with Crippen molar-refractivity contribution in [1.29, 1.82) is 0 Å². The Hall–Kier alpha value is -0.640. The molecule has 1 amide bonds. The SMILES string of the molecule is CCCNC(=O)C(C)NCCF. The van der Waals surface area contributed by atoms with Gasteiger partial charge in [0.15, 0.2) is 0 Å². The van der Waals surface area contributed by atoms with Crippen LogP contribution in [0.4, 0.5) is 4.39 Å². The molecule has 1 atom stereocenters. The molecule has 0 bridgehead atoms. The summed E-state index contributed by atoms with van der Waals surface area (Å²) in [6.45, 7) is 4.19. The molecule has 0 aliphatic carbocycles. The molecule has 0 heterocycles. The van der Waals surface area contributed by atoms with Gasteiger partial charge < -0.3 is 10.6 Å². The maximum Gasteiger partial charge on any atom is 0.236 e. The van der Waals surface area contributed by atoms with E-state index in [9.17, 15) is 9.18 Å². The minimum absolute atomic E-state index is 0.0645. The molecule has 0 rings (SSSR count). The minimum atomic E-state index is -0.439. The van der Waals surface area contributed by atoms with E-state index in [4.69, 9.17) is 0 Å². The molecule has 72 valence electrons. The van der Waals surface area contributed by atoms with Gasteiger partial charge in [0.05, 0.1) is 6.04 Å². The van der Waals surface area contributed by atoms with Gasteiger partial charge in [-0.25, -0.2) is 4.39 Å². The summed E-state index contributed by atoms with van der Waals surface area (Å²) in [6, 6.07) is -0.299. The summed E-state index contributed by atoms with van der Waals surface area (Å²) in [5.41, 5.74) is 0. The molecule has 0 fully saturated rings. The van der Waals surface area contributed by atoms with Crippen LogP contribution < -0.4 is 10.6 Å². The number of rotatable bonds is 6. The van der Waals surface area contributed by atoms with Gasteiger partial charge in [-0.05, 0) is 13.3 Å². The Balaban J connectivity index is 3.47. The van der Waals surface area contributed by atoms with Crippen LogP contribution in [0, 0.1) is 0 Å². The number of amides is 1. The Morgan fingerprint density at radius 1 is 1.50 bits per heavy atom. The molecule has 0 aliphatic heterocycles. The quantitative estimate of drug-likeness (QED) is 0.617. The van der Waals surface area contributed by atoms with Crippen LogP contribution in [0.5, 0.6) is 0 Å². The lowest BCUT2D eigenvalue weighted by molar-refractivity contribution is -0.122. The summed E-state index contributed by atoms with van der Waals surface area (Å²) in [4.78, 5) is 11.1. The largest absolute Gasteiger partial charge is 0.355 e. The van der Waals surface area contributed by atoms with Crippen molar-refractivity contribution in [3.63, 3.8) is 0 Å². The van der Waals surface area contributed by atoms with E-state index in [-0.39, 0.29) is 18.5 Å². The first-order chi connectivity index (χ1) is 5.72. The first-order valence-corrected chi connectivity index (χ1v) is 4.29. The predicted molar refractivity (Wildman–Crippen MR) is 46.7 cm³/mol. The molecule has 0 aromatic heterocycles. The Labute approximate surface area is 72.7 Å². The van der Waals surface area contributed by atoms with Gasteiger partial charge in [0.25, 0.3) is 0 Å². The maximum absolute atomic E-state index is 11.7. The fourth-order valence-corrected chi connectivity index (χ4v) is 0.765. The highest BCUT2D eigenvalue weighted by atomic mass is 19.1. The Morgan fingerprint density at radius 3 is 2.67 bits per heavy atom. The Morgan fingerprint density at radius 2 is 2.17 bits per heavy atom. The van der Waals surface area contributed by atoms with Crippen molar-refractivity contribution in [2.75, 3.05) is 19.8 Å². The lowest BCUT2D eigenvalue weighted by atomic mass is 10.3. The van der Waals surface area contributed by atoms with Crippen molar-refractivity contribution in [1.82, 2.24) is 10.6 Å². The van der Waals surface area contributed by atoms with Gasteiger partial charge in [0.2, 0.25) is 5.91 Å². The highest BCUT2D eigenvalue weighted by Gasteiger charge is 2.09. The summed E-state index contributed by atoms with van der Waals surface area (Å²) >= 11 is 0. The Bertz CT molecular complexity index is 130. The molecule has 1 unspecified atom stereocenters. The topological polar surface area (TPSA) is 41.1 Å². The smallest absolute Gasteiger partial charge is 0.236 e. The third kappa shape index (κ3) is 5.07. The molecule has 0 aromatic rings. The molecular formula is C8H17FN2O. The summed E-state index contributed by atoms with van der Waals surface area (Å²) in [7, 11) is 0. The van der Waals surface area contributed by atoms with E-state index in [1.165, 1.54) is 0 Å². The van der Waals surface area contributed by atoms with Crippen molar-refractivity contribution in [2.24, 2.45) is 0 Å². The fourth-order valence-electron chi connectivity index (χ4n) is 0.765. The van der Waals surface area contributed by atoms with E-state index in [1.807, 2.05) is 6.92 Å². The average molecular weight is 176 g/mol. The van der Waals surface area contributed by atoms with Crippen LogP contribution in [0.1, 0.15) is 20.3 Å². The van der Waals surface area contributed by atoms with Crippen LogP contribution in [-0.4, -0.2) is 31.7 Å². The number of carbonyl (C=O) groups is 1. The van der Waals surface area contributed by atoms with Crippen molar-refractivity contribution in [2.45, 2.75) is 26.3 Å². The lowest BCUT2D eigenvalue weighted by Crippen LogP contribution is -2.43. The van der Waals surface area contributed by atoms with Gasteiger partial charge >= 0.3 is 0 Å². The van der Waals surface area contributed by atoms with Crippen LogP contribution in [0.15, 0.2) is 0 Å². The van der Waals surface area contributed by atoms with Crippen LogP contribution in [0.25, 0.3) is 0 Å². The van der Waals surface area contributed by atoms with Gasteiger partial charge in [0, 0.05) is 13.1 Å². The van der Waals surface area contributed by atoms with Crippen LogP contribution in [0.2, 0.25) is 0 Å². The Kier molecular flexibility index (Phi) is 6.66. The average Bonchev–Trinajstić information content (AvgIpc) is 2.10. The molecule has 0 spiro atoms. The summed E-state index contributed by atoms with van der Waals surface area (Å²) < 4.78 is 11.7. The lowest BCUT2D eigenvalue weighted by Gasteiger charge is -2.11. The van der Waals surface area contributed by atoms with Crippen LogP contribution in [0.3, 0.4) is 0 Å². The van der Waals surface area contributed by atoms with E-state index < -0.39 is 6.67 Å². The third-order valence-corrected chi connectivity index (χ3v) is 1.49. The first-order valence-electron chi connectivity index (χ1n) is 4.29. The first kappa shape index (κ1) is 11.4. The summed E-state index contributed by atoms with van der Waals surface area (Å²) in [5.74, 6) is -0.0645. The third-order valence-electron chi connectivity index (χ3n) is 1.49. The van der Waals surface area contributed by atoms with Crippen molar-refractivity contribution in [3.05, 3.63) is 0 Å². The second kappa shape index (κ2) is 7.03. The van der Waals surface area contributed by atoms with E-state index in [0.29, 0.717) is 6.54 Å². The predicted octanol–water partition coefficient (Wildman–Crippen LogP) is 0.460. The van der Waals surface area contributed by atoms with Crippen molar-refractivity contribution < 1.29 is 9.18 Å². The van der Waals surface area contributed by atoms with E-state index in [1.54, 1.807) is 6.92 Å². The van der Waals surface area contributed by atoms with Crippen LogP contribution in [-0.2, 0) is 4.79 Å². The molecule has 0 saturated heterocycles. The van der Waals surface area contributed by atoms with Crippen molar-refractivity contribution in [3.8, 4) is 0 Å². The van der Waals surface area contributed by atoms with E-state index in [0.717, 1.165) is 6.42 Å². The highest BCUT2D eigenvalue weighted by molar-refractivity contribution is 5.81.